The molecule has 1 aliphatic rings. The number of hydrogen-bond acceptors (Lipinski definition) is 15. The fourth-order valence-corrected chi connectivity index (χ4v) is 6.77. The van der Waals surface area contributed by atoms with Crippen LogP contribution in [-0.2, 0) is 47.6 Å². The van der Waals surface area contributed by atoms with Crippen molar-refractivity contribution in [2.45, 2.75) is 237 Å². The van der Waals surface area contributed by atoms with E-state index in [1.807, 2.05) is 0 Å². The molecule has 0 spiro atoms. The lowest BCUT2D eigenvalue weighted by Gasteiger charge is -2.44. The molecule has 59 heavy (non-hydrogen) atoms. The maximum atomic E-state index is 13.5. The lowest BCUT2D eigenvalue weighted by atomic mass is 9.97. The van der Waals surface area contributed by atoms with Crippen molar-refractivity contribution in [3.63, 3.8) is 0 Å². The van der Waals surface area contributed by atoms with Gasteiger partial charge in [-0.15, -0.1) is 0 Å². The first-order valence-corrected chi connectivity index (χ1v) is 22.8. The molecule has 0 bridgehead atoms. The molecule has 0 aromatic carbocycles. The standard InChI is InChI=1S/C44H80O15/c1-5-9-13-17-21-25-35(48)54-31-34-41(57-36(49)26-22-18-14-10-6-2)42(58-37(50)27-23-19-15-11-7-3)43(59-38(51)28-24-20-16-12-8-4)44(56-34)55-30-33(47)40(53)39(52)32(46)29-45/h32-34,39-47,52-53H,5-31H2,1-4H3/t32-,33-,34-,39-,40-,41-,42+,43+,44-/m1/s1. The normalized spacial score (nSPS) is 21.3. The Morgan fingerprint density at radius 2 is 0.864 bits per heavy atom. The van der Waals surface area contributed by atoms with Gasteiger partial charge in [-0.2, -0.15) is 0 Å². The molecule has 1 fully saturated rings. The zero-order valence-corrected chi connectivity index (χ0v) is 36.6. The van der Waals surface area contributed by atoms with E-state index in [1.165, 1.54) is 0 Å². The predicted octanol–water partition coefficient (Wildman–Crippen LogP) is 5.88. The molecule has 0 aromatic heterocycles. The second-order valence-corrected chi connectivity index (χ2v) is 15.9. The van der Waals surface area contributed by atoms with Gasteiger partial charge >= 0.3 is 23.9 Å². The molecular formula is C44H80O15. The minimum absolute atomic E-state index is 0.0130. The largest absolute Gasteiger partial charge is 0.463 e. The number of aliphatic hydroxyl groups excluding tert-OH is 5. The summed E-state index contributed by atoms with van der Waals surface area (Å²) in [5.41, 5.74) is 0. The molecule has 1 heterocycles. The highest BCUT2D eigenvalue weighted by Gasteiger charge is 2.53. The predicted molar refractivity (Wildman–Crippen MR) is 220 cm³/mol. The van der Waals surface area contributed by atoms with E-state index in [9.17, 15) is 44.7 Å². The van der Waals surface area contributed by atoms with Crippen molar-refractivity contribution in [2.24, 2.45) is 0 Å². The summed E-state index contributed by atoms with van der Waals surface area (Å²) in [6.07, 6.45) is 2.70. The van der Waals surface area contributed by atoms with Crippen LogP contribution in [0, 0.1) is 0 Å². The van der Waals surface area contributed by atoms with Crippen LogP contribution < -0.4 is 0 Å². The Morgan fingerprint density at radius 3 is 1.29 bits per heavy atom. The minimum Gasteiger partial charge on any atom is -0.463 e. The molecule has 15 nitrogen and oxygen atoms in total. The Hall–Kier alpha value is -2.40. The molecule has 1 aliphatic heterocycles. The zero-order valence-electron chi connectivity index (χ0n) is 36.6. The fourth-order valence-electron chi connectivity index (χ4n) is 6.77. The smallest absolute Gasteiger partial charge is 0.306 e. The molecule has 0 radical (unpaired) electrons. The molecule has 1 saturated heterocycles. The fraction of sp³-hybridized carbons (Fsp3) is 0.909. The maximum Gasteiger partial charge on any atom is 0.306 e. The van der Waals surface area contributed by atoms with Crippen LogP contribution in [0.4, 0.5) is 0 Å². The summed E-state index contributed by atoms with van der Waals surface area (Å²) in [6.45, 7) is 6.25. The molecule has 0 aromatic rings. The van der Waals surface area contributed by atoms with Crippen LogP contribution in [0.1, 0.15) is 182 Å². The second kappa shape index (κ2) is 34.2. The lowest BCUT2D eigenvalue weighted by Crippen LogP contribution is -2.63. The quantitative estimate of drug-likeness (QED) is 0.0282. The van der Waals surface area contributed by atoms with E-state index >= 15 is 0 Å². The first kappa shape index (κ1) is 54.6. The van der Waals surface area contributed by atoms with E-state index < -0.39 is 98.8 Å². The van der Waals surface area contributed by atoms with Crippen molar-refractivity contribution < 1.29 is 73.1 Å². The van der Waals surface area contributed by atoms with E-state index in [1.54, 1.807) is 0 Å². The number of esters is 4. The molecule has 0 saturated carbocycles. The van der Waals surface area contributed by atoms with Crippen LogP contribution in [-0.4, -0.2) is 124 Å². The van der Waals surface area contributed by atoms with Crippen molar-refractivity contribution in [2.75, 3.05) is 19.8 Å². The van der Waals surface area contributed by atoms with Crippen molar-refractivity contribution in [3.8, 4) is 0 Å². The van der Waals surface area contributed by atoms with Gasteiger partial charge in [-0.3, -0.25) is 19.2 Å². The number of hydrogen-bond donors (Lipinski definition) is 5. The highest BCUT2D eigenvalue weighted by molar-refractivity contribution is 5.72. The summed E-state index contributed by atoms with van der Waals surface area (Å²) in [6, 6.07) is 0. The molecule has 15 heteroatoms. The zero-order chi connectivity index (χ0) is 43.8. The highest BCUT2D eigenvalue weighted by Crippen LogP contribution is 2.31. The third-order valence-electron chi connectivity index (χ3n) is 10.5. The summed E-state index contributed by atoms with van der Waals surface area (Å²) in [5.74, 6) is -2.44. The highest BCUT2D eigenvalue weighted by atomic mass is 16.7. The Morgan fingerprint density at radius 1 is 0.492 bits per heavy atom. The maximum absolute atomic E-state index is 13.5. The van der Waals surface area contributed by atoms with Gasteiger partial charge in [0, 0.05) is 25.7 Å². The first-order valence-electron chi connectivity index (χ1n) is 22.8. The summed E-state index contributed by atoms with van der Waals surface area (Å²) in [7, 11) is 0. The molecule has 5 N–H and O–H groups in total. The molecular weight excluding hydrogens is 768 g/mol. The van der Waals surface area contributed by atoms with E-state index in [2.05, 4.69) is 27.7 Å². The van der Waals surface area contributed by atoms with Crippen LogP contribution in [0.15, 0.2) is 0 Å². The SMILES string of the molecule is CCCCCCCC(=O)OC[C@H]1O[C@@H](OC[C@@H](O)[C@@H](O)[C@H](O)[C@H](O)CO)[C@@H](OC(=O)CCCCCCC)[C@@H](OC(=O)CCCCCCC)[C@@H]1OC(=O)CCCCCCC. The van der Waals surface area contributed by atoms with E-state index in [4.69, 9.17) is 28.4 Å². The first-order chi connectivity index (χ1) is 28.4. The van der Waals surface area contributed by atoms with E-state index in [0.717, 1.165) is 103 Å². The molecule has 0 aliphatic carbocycles. The van der Waals surface area contributed by atoms with Crippen molar-refractivity contribution in [3.05, 3.63) is 0 Å². The third-order valence-corrected chi connectivity index (χ3v) is 10.5. The molecule has 9 atom stereocenters. The van der Waals surface area contributed by atoms with Gasteiger partial charge in [-0.05, 0) is 25.7 Å². The summed E-state index contributed by atoms with van der Waals surface area (Å²) in [4.78, 5) is 53.3. The van der Waals surface area contributed by atoms with Gasteiger partial charge in [-0.1, -0.05) is 130 Å². The Bertz CT molecular complexity index is 1110. The Balaban J connectivity index is 3.57. The monoisotopic (exact) mass is 849 g/mol. The van der Waals surface area contributed by atoms with Crippen molar-refractivity contribution in [1.29, 1.82) is 0 Å². The average Bonchev–Trinajstić information content (AvgIpc) is 3.22. The van der Waals surface area contributed by atoms with E-state index in [-0.39, 0.29) is 25.7 Å². The molecule has 1 rings (SSSR count). The molecule has 0 unspecified atom stereocenters. The lowest BCUT2D eigenvalue weighted by molar-refractivity contribution is -0.313. The third kappa shape index (κ3) is 24.0. The van der Waals surface area contributed by atoms with Gasteiger partial charge in [0.2, 0.25) is 0 Å². The second-order valence-electron chi connectivity index (χ2n) is 15.9. The minimum atomic E-state index is -1.98. The van der Waals surface area contributed by atoms with Crippen molar-refractivity contribution in [1.82, 2.24) is 0 Å². The van der Waals surface area contributed by atoms with Gasteiger partial charge in [0.25, 0.3) is 0 Å². The topological polar surface area (TPSA) is 225 Å². The summed E-state index contributed by atoms with van der Waals surface area (Å²) >= 11 is 0. The van der Waals surface area contributed by atoms with Gasteiger partial charge in [0.05, 0.1) is 13.2 Å². The molecule has 346 valence electrons. The number of ether oxygens (including phenoxy) is 6. The Kier molecular flexibility index (Phi) is 31.7. The van der Waals surface area contributed by atoms with Gasteiger partial charge in [0.15, 0.2) is 24.6 Å². The van der Waals surface area contributed by atoms with Gasteiger partial charge in [0.1, 0.15) is 37.1 Å². The van der Waals surface area contributed by atoms with Crippen LogP contribution in [0.25, 0.3) is 0 Å². The van der Waals surface area contributed by atoms with Crippen molar-refractivity contribution >= 4 is 23.9 Å². The average molecular weight is 849 g/mol. The number of carbonyl (C=O) groups is 4. The van der Waals surface area contributed by atoms with E-state index in [0.29, 0.717) is 25.7 Å². The van der Waals surface area contributed by atoms with Gasteiger partial charge < -0.3 is 54.0 Å². The Labute approximate surface area is 353 Å². The van der Waals surface area contributed by atoms with Crippen LogP contribution in [0.5, 0.6) is 0 Å². The molecule has 0 amide bonds. The van der Waals surface area contributed by atoms with Crippen LogP contribution in [0.3, 0.4) is 0 Å². The summed E-state index contributed by atoms with van der Waals surface area (Å²) < 4.78 is 35.8. The van der Waals surface area contributed by atoms with Gasteiger partial charge in [-0.25, -0.2) is 0 Å². The summed E-state index contributed by atoms with van der Waals surface area (Å²) in [5, 5.41) is 50.6. The van der Waals surface area contributed by atoms with Crippen LogP contribution >= 0.6 is 0 Å². The number of rotatable bonds is 36. The number of aliphatic hydroxyl groups is 5. The van der Waals surface area contributed by atoms with Crippen LogP contribution in [0.2, 0.25) is 0 Å². The number of carbonyl (C=O) groups excluding carboxylic acids is 4. The number of unbranched alkanes of at least 4 members (excludes halogenated alkanes) is 16.